The molecule has 3 nitrogen and oxygen atoms in total. The fourth-order valence-electron chi connectivity index (χ4n) is 2.83. The number of likely N-dealkylation sites (tertiary alicyclic amines) is 1. The molecule has 1 saturated heterocycles. The molecule has 20 heavy (non-hydrogen) atoms. The number of benzene rings is 1. The van der Waals surface area contributed by atoms with Crippen LogP contribution in [0, 0.1) is 5.92 Å². The van der Waals surface area contributed by atoms with E-state index in [2.05, 4.69) is 39.9 Å². The quantitative estimate of drug-likeness (QED) is 0.893. The predicted octanol–water partition coefficient (Wildman–Crippen LogP) is 3.09. The summed E-state index contributed by atoms with van der Waals surface area (Å²) in [5, 5.41) is 10.2. The third-order valence-electron chi connectivity index (χ3n) is 4.02. The van der Waals surface area contributed by atoms with Crippen LogP contribution in [0.2, 0.25) is 0 Å². The van der Waals surface area contributed by atoms with Crippen LogP contribution in [0.1, 0.15) is 25.8 Å². The monoisotopic (exact) mass is 341 g/mol. The number of piperidine rings is 1. The molecule has 0 saturated carbocycles. The number of nitrogens with zero attached hydrogens (tertiary/aromatic N) is 1. The summed E-state index contributed by atoms with van der Waals surface area (Å²) in [7, 11) is 0. The van der Waals surface area contributed by atoms with Gasteiger partial charge in [0.2, 0.25) is 0 Å². The van der Waals surface area contributed by atoms with Crippen LogP contribution in [0.3, 0.4) is 0 Å². The van der Waals surface area contributed by atoms with Crippen molar-refractivity contribution in [1.29, 1.82) is 0 Å². The van der Waals surface area contributed by atoms with Crippen LogP contribution in [-0.4, -0.2) is 42.4 Å². The van der Waals surface area contributed by atoms with E-state index < -0.39 is 0 Å². The zero-order valence-corrected chi connectivity index (χ0v) is 13.9. The van der Waals surface area contributed by atoms with E-state index in [-0.39, 0.29) is 6.10 Å². The third kappa shape index (κ3) is 3.96. The summed E-state index contributed by atoms with van der Waals surface area (Å²) in [5.41, 5.74) is 1.25. The smallest absolute Gasteiger partial charge is 0.133 e. The molecule has 1 N–H and O–H groups in total. The van der Waals surface area contributed by atoms with E-state index in [1.165, 1.54) is 5.56 Å². The van der Waals surface area contributed by atoms with Gasteiger partial charge in [-0.25, -0.2) is 0 Å². The van der Waals surface area contributed by atoms with Crippen molar-refractivity contribution in [2.24, 2.45) is 5.92 Å². The molecule has 0 amide bonds. The van der Waals surface area contributed by atoms with E-state index in [0.717, 1.165) is 42.7 Å². The second-order valence-electron chi connectivity index (χ2n) is 5.41. The Balaban J connectivity index is 2.03. The number of rotatable bonds is 5. The fourth-order valence-corrected chi connectivity index (χ4v) is 3.37. The van der Waals surface area contributed by atoms with Crippen molar-refractivity contribution in [2.75, 3.05) is 26.2 Å². The lowest BCUT2D eigenvalue weighted by Crippen LogP contribution is -2.43. The number of ether oxygens (including phenoxy) is 1. The molecule has 1 fully saturated rings. The molecule has 2 atom stereocenters. The molecule has 4 heteroatoms. The molecule has 1 aliphatic rings. The van der Waals surface area contributed by atoms with Crippen molar-refractivity contribution in [2.45, 2.75) is 32.8 Å². The molecule has 0 aliphatic carbocycles. The Bertz CT molecular complexity index is 438. The van der Waals surface area contributed by atoms with Gasteiger partial charge in [-0.1, -0.05) is 13.0 Å². The summed E-state index contributed by atoms with van der Waals surface area (Å²) < 4.78 is 6.53. The Morgan fingerprint density at radius 2 is 2.20 bits per heavy atom. The van der Waals surface area contributed by atoms with Gasteiger partial charge >= 0.3 is 0 Å². The molecule has 0 bridgehead atoms. The van der Waals surface area contributed by atoms with Crippen LogP contribution in [0.15, 0.2) is 22.7 Å². The first kappa shape index (κ1) is 15.8. The van der Waals surface area contributed by atoms with E-state index in [1.807, 2.05) is 13.0 Å². The highest BCUT2D eigenvalue weighted by Crippen LogP contribution is 2.28. The zero-order valence-electron chi connectivity index (χ0n) is 12.3. The Morgan fingerprint density at radius 1 is 1.40 bits per heavy atom. The van der Waals surface area contributed by atoms with E-state index in [9.17, 15) is 5.11 Å². The molecule has 0 radical (unpaired) electrons. The van der Waals surface area contributed by atoms with Crippen molar-refractivity contribution in [1.82, 2.24) is 4.90 Å². The van der Waals surface area contributed by atoms with Crippen molar-refractivity contribution >= 4 is 15.9 Å². The summed E-state index contributed by atoms with van der Waals surface area (Å²) in [6, 6.07) is 6.23. The van der Waals surface area contributed by atoms with Gasteiger partial charge < -0.3 is 14.7 Å². The maximum Gasteiger partial charge on any atom is 0.133 e. The molecule has 2 unspecified atom stereocenters. The van der Waals surface area contributed by atoms with Gasteiger partial charge in [0.15, 0.2) is 0 Å². The lowest BCUT2D eigenvalue weighted by Gasteiger charge is -2.35. The second kappa shape index (κ2) is 7.43. The van der Waals surface area contributed by atoms with E-state index in [4.69, 9.17) is 4.74 Å². The Kier molecular flexibility index (Phi) is 5.87. The first-order valence-electron chi connectivity index (χ1n) is 7.45. The summed E-state index contributed by atoms with van der Waals surface area (Å²) in [6.45, 7) is 7.91. The van der Waals surface area contributed by atoms with Gasteiger partial charge in [-0.05, 0) is 59.9 Å². The molecule has 1 heterocycles. The van der Waals surface area contributed by atoms with Gasteiger partial charge in [-0.2, -0.15) is 0 Å². The highest BCUT2D eigenvalue weighted by molar-refractivity contribution is 9.10. The number of hydrogen-bond donors (Lipinski definition) is 1. The van der Waals surface area contributed by atoms with Gasteiger partial charge in [0.05, 0.1) is 17.2 Å². The van der Waals surface area contributed by atoms with Crippen LogP contribution in [-0.2, 0) is 6.42 Å². The molecule has 112 valence electrons. The maximum absolute atomic E-state index is 10.2. The minimum absolute atomic E-state index is 0.178. The van der Waals surface area contributed by atoms with Crippen molar-refractivity contribution in [3.63, 3.8) is 0 Å². The number of halogens is 1. The van der Waals surface area contributed by atoms with Crippen LogP contribution in [0.25, 0.3) is 0 Å². The molecule has 0 spiro atoms. The average Bonchev–Trinajstić information content (AvgIpc) is 2.44. The van der Waals surface area contributed by atoms with Gasteiger partial charge in [0, 0.05) is 19.0 Å². The van der Waals surface area contributed by atoms with E-state index >= 15 is 0 Å². The summed E-state index contributed by atoms with van der Waals surface area (Å²) in [6.07, 6.45) is 1.63. The fraction of sp³-hybridized carbons (Fsp3) is 0.625. The lowest BCUT2D eigenvalue weighted by atomic mass is 9.89. The van der Waals surface area contributed by atoms with Crippen LogP contribution < -0.4 is 4.74 Å². The minimum Gasteiger partial charge on any atom is -0.493 e. The average molecular weight is 342 g/mol. The second-order valence-corrected chi connectivity index (χ2v) is 6.27. The lowest BCUT2D eigenvalue weighted by molar-refractivity contribution is 0.0290. The van der Waals surface area contributed by atoms with Crippen LogP contribution in [0.5, 0.6) is 5.75 Å². The number of aliphatic hydroxyl groups is 1. The van der Waals surface area contributed by atoms with Crippen molar-refractivity contribution < 1.29 is 9.84 Å². The number of hydrogen-bond acceptors (Lipinski definition) is 3. The summed E-state index contributed by atoms with van der Waals surface area (Å²) in [4.78, 5) is 2.42. The van der Waals surface area contributed by atoms with Crippen LogP contribution >= 0.6 is 15.9 Å². The molecule has 1 aromatic rings. The minimum atomic E-state index is -0.178. The molecular weight excluding hydrogens is 318 g/mol. The SMILES string of the molecule is CCOc1ccc(CC2CN(CC)CCC2O)cc1Br. The molecule has 1 aliphatic heterocycles. The summed E-state index contributed by atoms with van der Waals surface area (Å²) >= 11 is 3.56. The predicted molar refractivity (Wildman–Crippen MR) is 85.2 cm³/mol. The molecular formula is C16H24BrNO2. The molecule has 0 aromatic heterocycles. The van der Waals surface area contributed by atoms with Crippen molar-refractivity contribution in [3.8, 4) is 5.75 Å². The van der Waals surface area contributed by atoms with Gasteiger partial charge in [0.25, 0.3) is 0 Å². The third-order valence-corrected chi connectivity index (χ3v) is 4.64. The topological polar surface area (TPSA) is 32.7 Å². The Hall–Kier alpha value is -0.580. The first-order chi connectivity index (χ1) is 9.63. The Morgan fingerprint density at radius 3 is 2.85 bits per heavy atom. The maximum atomic E-state index is 10.2. The van der Waals surface area contributed by atoms with Gasteiger partial charge in [-0.15, -0.1) is 0 Å². The highest BCUT2D eigenvalue weighted by Gasteiger charge is 2.27. The van der Waals surface area contributed by atoms with Gasteiger partial charge in [-0.3, -0.25) is 0 Å². The van der Waals surface area contributed by atoms with Crippen LogP contribution in [0.4, 0.5) is 0 Å². The van der Waals surface area contributed by atoms with Gasteiger partial charge in [0.1, 0.15) is 5.75 Å². The van der Waals surface area contributed by atoms with E-state index in [1.54, 1.807) is 0 Å². The normalized spacial score (nSPS) is 23.8. The highest BCUT2D eigenvalue weighted by atomic mass is 79.9. The molecule has 2 rings (SSSR count). The standard InChI is InChI=1S/C16H24BrNO2/c1-3-18-8-7-15(19)13(11-18)9-12-5-6-16(20-4-2)14(17)10-12/h5-6,10,13,15,19H,3-4,7-9,11H2,1-2H3. The van der Waals surface area contributed by atoms with E-state index in [0.29, 0.717) is 12.5 Å². The molecule has 1 aromatic carbocycles. The zero-order chi connectivity index (χ0) is 14.5. The van der Waals surface area contributed by atoms with Crippen molar-refractivity contribution in [3.05, 3.63) is 28.2 Å². The number of aliphatic hydroxyl groups excluding tert-OH is 1. The first-order valence-corrected chi connectivity index (χ1v) is 8.25. The largest absolute Gasteiger partial charge is 0.493 e. The Labute approximate surface area is 130 Å². The summed E-state index contributed by atoms with van der Waals surface area (Å²) in [5.74, 6) is 1.21.